The first-order chi connectivity index (χ1) is 4.16. The minimum absolute atomic E-state index is 0.00352. The van der Waals surface area contributed by atoms with E-state index in [0.717, 1.165) is 5.70 Å². The van der Waals surface area contributed by atoms with Gasteiger partial charge in [0.15, 0.2) is 0 Å². The van der Waals surface area contributed by atoms with E-state index in [9.17, 15) is 0 Å². The van der Waals surface area contributed by atoms with Crippen molar-refractivity contribution in [3.8, 4) is 0 Å². The van der Waals surface area contributed by atoms with Crippen LogP contribution in [0.25, 0.3) is 0 Å². The van der Waals surface area contributed by atoms with Crippen LogP contribution in [0.2, 0.25) is 0 Å². The number of nitrogens with one attached hydrogen (secondary N) is 1. The molecule has 0 rings (SSSR count). The lowest BCUT2D eigenvalue weighted by molar-refractivity contribution is 0.218. The fourth-order valence-electron chi connectivity index (χ4n) is 0.190. The van der Waals surface area contributed by atoms with Crippen molar-refractivity contribution in [2.75, 3.05) is 0 Å². The largest absolute Gasteiger partial charge is 0.358 e. The van der Waals surface area contributed by atoms with Crippen LogP contribution in [0.15, 0.2) is 11.8 Å². The minimum Gasteiger partial charge on any atom is -0.358 e. The molecule has 0 spiro atoms. The lowest BCUT2D eigenvalue weighted by Gasteiger charge is -2.03. The number of allylic oxidation sites excluding steroid dienone is 2. The van der Waals surface area contributed by atoms with Crippen LogP contribution in [-0.2, 0) is 4.84 Å². The summed E-state index contributed by atoms with van der Waals surface area (Å²) >= 11 is 4.43. The molecule has 0 radical (unpaired) electrons. The van der Waals surface area contributed by atoms with Crippen LogP contribution in [0.3, 0.4) is 0 Å². The molecule has 3 N–H and O–H groups in total. The van der Waals surface area contributed by atoms with Crippen LogP contribution in [0.4, 0.5) is 0 Å². The Hall–Kier alpha value is -0.770. The highest BCUT2D eigenvalue weighted by Gasteiger charge is 1.85. The average molecular weight is 146 g/mol. The zero-order chi connectivity index (χ0) is 7.28. The first kappa shape index (κ1) is 8.23. The molecule has 0 fully saturated rings. The molecule has 0 saturated heterocycles. The molecule has 0 unspecified atom stereocenters. The first-order valence-corrected chi connectivity index (χ1v) is 2.93. The molecular weight excluding hydrogens is 136 g/mol. The third kappa shape index (κ3) is 5.10. The van der Waals surface area contributed by atoms with E-state index in [1.54, 1.807) is 0 Å². The molecule has 0 aliphatic carbocycles. The molecule has 0 aromatic carbocycles. The summed E-state index contributed by atoms with van der Waals surface area (Å²) in [5, 5.41) is -0.00352. The van der Waals surface area contributed by atoms with Crippen molar-refractivity contribution in [1.29, 1.82) is 0 Å². The van der Waals surface area contributed by atoms with Crippen LogP contribution in [0.1, 0.15) is 13.8 Å². The molecule has 3 nitrogen and oxygen atoms in total. The third-order valence-corrected chi connectivity index (χ3v) is 0.829. The van der Waals surface area contributed by atoms with E-state index >= 15 is 0 Å². The van der Waals surface area contributed by atoms with Crippen molar-refractivity contribution >= 4 is 17.4 Å². The van der Waals surface area contributed by atoms with Crippen molar-refractivity contribution in [3.05, 3.63) is 11.8 Å². The summed E-state index contributed by atoms with van der Waals surface area (Å²) in [4.78, 5) is 4.59. The highest BCUT2D eigenvalue weighted by atomic mass is 32.1. The Labute approximate surface area is 59.8 Å². The number of hydrogen-bond acceptors (Lipinski definition) is 3. The summed E-state index contributed by atoms with van der Waals surface area (Å²) in [6.07, 6.45) is 1.85. The van der Waals surface area contributed by atoms with Gasteiger partial charge in [-0.3, -0.25) is 0 Å². The molecule has 0 aliphatic heterocycles. The zero-order valence-corrected chi connectivity index (χ0v) is 6.29. The van der Waals surface area contributed by atoms with Gasteiger partial charge in [0.1, 0.15) is 0 Å². The van der Waals surface area contributed by atoms with E-state index in [-0.39, 0.29) is 5.17 Å². The quantitative estimate of drug-likeness (QED) is 0.444. The van der Waals surface area contributed by atoms with Gasteiger partial charge in [0.05, 0.1) is 0 Å². The van der Waals surface area contributed by atoms with Crippen LogP contribution < -0.4 is 11.2 Å². The fourth-order valence-corrected chi connectivity index (χ4v) is 0.231. The molecule has 0 aromatic heterocycles. The van der Waals surface area contributed by atoms with Gasteiger partial charge < -0.3 is 10.6 Å². The van der Waals surface area contributed by atoms with E-state index in [1.165, 1.54) is 0 Å². The van der Waals surface area contributed by atoms with Crippen LogP contribution in [0, 0.1) is 0 Å². The Morgan fingerprint density at radius 1 is 1.78 bits per heavy atom. The van der Waals surface area contributed by atoms with E-state index in [4.69, 9.17) is 5.73 Å². The van der Waals surface area contributed by atoms with E-state index in [0.29, 0.717) is 0 Å². The topological polar surface area (TPSA) is 47.3 Å². The minimum atomic E-state index is -0.00352. The summed E-state index contributed by atoms with van der Waals surface area (Å²) in [6.45, 7) is 3.73. The van der Waals surface area contributed by atoms with Gasteiger partial charge in [-0.15, -0.1) is 0 Å². The molecular formula is C5H10N2OS. The second-order valence-electron chi connectivity index (χ2n) is 1.49. The maximum Gasteiger partial charge on any atom is 0.283 e. The van der Waals surface area contributed by atoms with Crippen molar-refractivity contribution in [3.63, 3.8) is 0 Å². The van der Waals surface area contributed by atoms with Gasteiger partial charge in [-0.25, -0.2) is 5.48 Å². The highest BCUT2D eigenvalue weighted by Crippen LogP contribution is 1.83. The predicted octanol–water partition coefficient (Wildman–Crippen LogP) is 0.675. The monoisotopic (exact) mass is 146 g/mol. The van der Waals surface area contributed by atoms with Crippen LogP contribution in [-0.4, -0.2) is 5.17 Å². The lowest BCUT2D eigenvalue weighted by atomic mass is 10.5. The normalized spacial score (nSPS) is 10.7. The van der Waals surface area contributed by atoms with Gasteiger partial charge in [-0.05, 0) is 26.1 Å². The summed E-state index contributed by atoms with van der Waals surface area (Å²) < 4.78 is 0. The number of rotatable bonds is 2. The molecule has 0 saturated carbocycles. The Balaban J connectivity index is 3.39. The van der Waals surface area contributed by atoms with Gasteiger partial charge in [-0.1, -0.05) is 6.08 Å². The lowest BCUT2D eigenvalue weighted by Crippen LogP contribution is -2.22. The Morgan fingerprint density at radius 3 is 2.67 bits per heavy atom. The van der Waals surface area contributed by atoms with Crippen LogP contribution >= 0.6 is 12.2 Å². The standard InChI is InChI=1S/C5H10N2OS/c1-3-4(2)7-8-5(6)9/h3,7H,1-2H3,(H2,6,9). The number of nitrogens with two attached hydrogens (primary N) is 1. The number of thiocarbonyl (C=S) groups is 1. The SMILES string of the molecule is CC=C(C)NOC(N)=S. The highest BCUT2D eigenvalue weighted by molar-refractivity contribution is 7.79. The van der Waals surface area contributed by atoms with Crippen molar-refractivity contribution < 1.29 is 4.84 Å². The Morgan fingerprint density at radius 2 is 2.33 bits per heavy atom. The van der Waals surface area contributed by atoms with Crippen molar-refractivity contribution in [1.82, 2.24) is 5.48 Å². The maximum atomic E-state index is 5.01. The molecule has 4 heteroatoms. The second kappa shape index (κ2) is 4.14. The maximum absolute atomic E-state index is 5.01. The van der Waals surface area contributed by atoms with E-state index in [1.807, 2.05) is 19.9 Å². The van der Waals surface area contributed by atoms with Gasteiger partial charge in [0.25, 0.3) is 5.17 Å². The molecule has 0 bridgehead atoms. The molecule has 0 atom stereocenters. The summed E-state index contributed by atoms with van der Waals surface area (Å²) in [7, 11) is 0. The summed E-state index contributed by atoms with van der Waals surface area (Å²) in [5.41, 5.74) is 8.42. The summed E-state index contributed by atoms with van der Waals surface area (Å²) in [5.74, 6) is 0. The van der Waals surface area contributed by atoms with Gasteiger partial charge in [0, 0.05) is 5.70 Å². The Bertz CT molecular complexity index is 133. The van der Waals surface area contributed by atoms with Gasteiger partial charge >= 0.3 is 0 Å². The first-order valence-electron chi connectivity index (χ1n) is 2.52. The Kier molecular flexibility index (Phi) is 3.79. The number of hydrogen-bond donors (Lipinski definition) is 2. The molecule has 0 amide bonds. The number of hydroxylamine groups is 1. The fraction of sp³-hybridized carbons (Fsp3) is 0.400. The van der Waals surface area contributed by atoms with E-state index in [2.05, 4.69) is 22.5 Å². The third-order valence-electron chi connectivity index (χ3n) is 0.746. The molecule has 9 heavy (non-hydrogen) atoms. The summed E-state index contributed by atoms with van der Waals surface area (Å²) in [6, 6.07) is 0. The molecule has 52 valence electrons. The van der Waals surface area contributed by atoms with E-state index < -0.39 is 0 Å². The molecule has 0 aromatic rings. The molecule has 0 aliphatic rings. The molecule has 0 heterocycles. The predicted molar refractivity (Wildman–Crippen MR) is 40.4 cm³/mol. The van der Waals surface area contributed by atoms with Gasteiger partial charge in [-0.2, -0.15) is 0 Å². The zero-order valence-electron chi connectivity index (χ0n) is 5.47. The van der Waals surface area contributed by atoms with Crippen LogP contribution in [0.5, 0.6) is 0 Å². The van der Waals surface area contributed by atoms with Crippen molar-refractivity contribution in [2.24, 2.45) is 5.73 Å². The average Bonchev–Trinajstić information content (AvgIpc) is 1.83. The second-order valence-corrected chi connectivity index (χ2v) is 1.90. The van der Waals surface area contributed by atoms with Gasteiger partial charge in [0.2, 0.25) is 0 Å². The smallest absolute Gasteiger partial charge is 0.283 e. The van der Waals surface area contributed by atoms with Crippen molar-refractivity contribution in [2.45, 2.75) is 13.8 Å².